The van der Waals surface area contributed by atoms with E-state index in [1.165, 1.54) is 42.7 Å². The molecule has 0 spiro atoms. The lowest BCUT2D eigenvalue weighted by Crippen LogP contribution is -2.14. The summed E-state index contributed by atoms with van der Waals surface area (Å²) >= 11 is 1.83. The second-order valence-electron chi connectivity index (χ2n) is 14.7. The van der Waals surface area contributed by atoms with Crippen LogP contribution in [0.1, 0.15) is 11.3 Å². The first-order valence-corrected chi connectivity index (χ1v) is 20.5. The zero-order valence-electron chi connectivity index (χ0n) is 32.1. The molecule has 0 saturated heterocycles. The van der Waals surface area contributed by atoms with Crippen LogP contribution in [0.25, 0.3) is 84.2 Å². The summed E-state index contributed by atoms with van der Waals surface area (Å²) in [6.45, 7) is 8.22. The van der Waals surface area contributed by atoms with Crippen LogP contribution in [0.15, 0.2) is 205 Å². The molecule has 3 heterocycles. The lowest BCUT2D eigenvalue weighted by atomic mass is 9.99. The van der Waals surface area contributed by atoms with Gasteiger partial charge < -0.3 is 9.47 Å². The molecule has 278 valence electrons. The number of anilines is 3. The molecule has 8 aromatic carbocycles. The first-order chi connectivity index (χ1) is 29.2. The average molecular weight is 773 g/mol. The van der Waals surface area contributed by atoms with Crippen molar-refractivity contribution in [2.24, 2.45) is 0 Å². The molecule has 0 amide bonds. The van der Waals surface area contributed by atoms with Gasteiger partial charge in [-0.15, -0.1) is 0 Å². The summed E-state index contributed by atoms with van der Waals surface area (Å²) in [5, 5.41) is 4.87. The van der Waals surface area contributed by atoms with Crippen molar-refractivity contribution in [3.63, 3.8) is 0 Å². The quantitative estimate of drug-likeness (QED) is 0.162. The smallest absolute Gasteiger partial charge is 0.160 e. The topological polar surface area (TPSA) is 34.0 Å². The Labute approximate surface area is 347 Å². The van der Waals surface area contributed by atoms with Gasteiger partial charge in [0.05, 0.1) is 33.8 Å². The lowest BCUT2D eigenvalue weighted by Gasteiger charge is -2.33. The van der Waals surface area contributed by atoms with Crippen LogP contribution in [0.5, 0.6) is 0 Å². The van der Waals surface area contributed by atoms with Crippen molar-refractivity contribution in [2.75, 3.05) is 4.90 Å². The van der Waals surface area contributed by atoms with E-state index < -0.39 is 0 Å². The molecule has 0 fully saturated rings. The zero-order valence-corrected chi connectivity index (χ0v) is 32.9. The Hall–Kier alpha value is -7.47. The fourth-order valence-corrected chi connectivity index (χ4v) is 9.79. The first kappa shape index (κ1) is 34.8. The van der Waals surface area contributed by atoms with Gasteiger partial charge in [0.2, 0.25) is 0 Å². The Kier molecular flexibility index (Phi) is 8.35. The molecule has 0 bridgehead atoms. The van der Waals surface area contributed by atoms with Gasteiger partial charge >= 0.3 is 0 Å². The van der Waals surface area contributed by atoms with Crippen LogP contribution in [0.3, 0.4) is 0 Å². The maximum Gasteiger partial charge on any atom is 0.160 e. The molecule has 2 aromatic heterocycles. The van der Waals surface area contributed by atoms with Crippen molar-refractivity contribution in [1.29, 1.82) is 0 Å². The van der Waals surface area contributed by atoms with E-state index in [2.05, 4.69) is 186 Å². The van der Waals surface area contributed by atoms with E-state index in [4.69, 9.17) is 9.97 Å². The Morgan fingerprint density at radius 1 is 0.508 bits per heavy atom. The number of para-hydroxylation sites is 3. The van der Waals surface area contributed by atoms with E-state index in [0.29, 0.717) is 5.82 Å². The number of fused-ring (bicyclic) bond motifs is 7. The summed E-state index contributed by atoms with van der Waals surface area (Å²) in [6, 6.07) is 65.0. The number of benzene rings is 8. The van der Waals surface area contributed by atoms with Crippen molar-refractivity contribution in [3.8, 4) is 39.5 Å². The fourth-order valence-electron chi connectivity index (χ4n) is 8.69. The summed E-state index contributed by atoms with van der Waals surface area (Å²) in [5.74, 6) is 0.632. The molecule has 0 radical (unpaired) electrons. The van der Waals surface area contributed by atoms with Crippen LogP contribution >= 0.6 is 11.8 Å². The van der Waals surface area contributed by atoms with E-state index in [-0.39, 0.29) is 0 Å². The Morgan fingerprint density at radius 3 is 2.07 bits per heavy atom. The number of hydrogen-bond acceptors (Lipinski definition) is 4. The standard InChI is InChI=1S/C54H36N4S/c1-3-41-45(4-2)55-54(56-52(41)36-18-7-5-8-19-36)38-20-15-23-40(33-38)58-48-32-29-35-17-11-12-24-42(35)51(48)44-26-16-25-43(53(44)58)37-30-31-47-50(34-37)59-49-28-14-13-27-46(49)57(47)39-21-9-6-10-22-39/h3-34H,1-2H2. The second kappa shape index (κ2) is 14.2. The predicted molar refractivity (Wildman–Crippen MR) is 249 cm³/mol. The minimum atomic E-state index is 0.632. The summed E-state index contributed by atoms with van der Waals surface area (Å²) in [6.07, 6.45) is 3.61. The van der Waals surface area contributed by atoms with Crippen molar-refractivity contribution in [2.45, 2.75) is 9.79 Å². The summed E-state index contributed by atoms with van der Waals surface area (Å²) in [5.41, 5.74) is 13.5. The predicted octanol–water partition coefficient (Wildman–Crippen LogP) is 14.9. The van der Waals surface area contributed by atoms with Gasteiger partial charge in [-0.05, 0) is 77.0 Å². The van der Waals surface area contributed by atoms with E-state index in [9.17, 15) is 0 Å². The maximum atomic E-state index is 5.19. The van der Waals surface area contributed by atoms with E-state index in [1.54, 1.807) is 6.08 Å². The lowest BCUT2D eigenvalue weighted by molar-refractivity contribution is 1.14. The molecule has 59 heavy (non-hydrogen) atoms. The molecular formula is C54H36N4S. The van der Waals surface area contributed by atoms with Gasteiger partial charge in [0.15, 0.2) is 5.82 Å². The molecule has 11 rings (SSSR count). The Balaban J connectivity index is 1.14. The molecule has 1 aliphatic heterocycles. The molecule has 0 saturated carbocycles. The summed E-state index contributed by atoms with van der Waals surface area (Å²) in [7, 11) is 0. The molecule has 0 atom stereocenters. The third kappa shape index (κ3) is 5.70. The Morgan fingerprint density at radius 2 is 1.22 bits per heavy atom. The fraction of sp³-hybridized carbons (Fsp3) is 0. The number of nitrogens with zero attached hydrogens (tertiary/aromatic N) is 4. The normalized spacial score (nSPS) is 12.1. The average Bonchev–Trinajstić information content (AvgIpc) is 3.66. The van der Waals surface area contributed by atoms with E-state index >= 15 is 0 Å². The van der Waals surface area contributed by atoms with E-state index in [0.717, 1.165) is 61.6 Å². The number of aromatic nitrogens is 3. The third-order valence-corrected chi connectivity index (χ3v) is 12.4. The highest BCUT2D eigenvalue weighted by Crippen LogP contribution is 2.53. The largest absolute Gasteiger partial charge is 0.309 e. The SMILES string of the molecule is C=Cc1nc(-c2cccc(-n3c4ccc5ccccc5c4c4cccc(-c5ccc6c(c5)Sc5ccccc5N6c5ccccc5)c43)c2)nc(-c2ccccc2)c1C=C. The van der Waals surface area contributed by atoms with Crippen molar-refractivity contribution >= 4 is 73.6 Å². The van der Waals surface area contributed by atoms with Crippen LogP contribution in [0.2, 0.25) is 0 Å². The maximum absolute atomic E-state index is 5.19. The molecule has 1 aliphatic rings. The highest BCUT2D eigenvalue weighted by Gasteiger charge is 2.26. The van der Waals surface area contributed by atoms with E-state index in [1.807, 2.05) is 36.0 Å². The summed E-state index contributed by atoms with van der Waals surface area (Å²) < 4.78 is 2.43. The van der Waals surface area contributed by atoms with Gasteiger partial charge in [-0.3, -0.25) is 0 Å². The minimum absolute atomic E-state index is 0.632. The third-order valence-electron chi connectivity index (χ3n) is 11.3. The van der Waals surface area contributed by atoms with Crippen LogP contribution in [-0.4, -0.2) is 14.5 Å². The zero-order chi connectivity index (χ0) is 39.5. The van der Waals surface area contributed by atoms with Gasteiger partial charge in [-0.2, -0.15) is 0 Å². The molecule has 0 N–H and O–H groups in total. The highest BCUT2D eigenvalue weighted by atomic mass is 32.2. The summed E-state index contributed by atoms with van der Waals surface area (Å²) in [4.78, 5) is 15.0. The molecule has 5 heteroatoms. The van der Waals surface area contributed by atoms with Crippen molar-refractivity contribution < 1.29 is 0 Å². The Bertz CT molecular complexity index is 3290. The molecule has 0 aliphatic carbocycles. The molecule has 10 aromatic rings. The van der Waals surface area contributed by atoms with Crippen LogP contribution in [0.4, 0.5) is 17.1 Å². The van der Waals surface area contributed by atoms with Crippen molar-refractivity contribution in [3.05, 3.63) is 206 Å². The van der Waals surface area contributed by atoms with Crippen LogP contribution in [0, 0.1) is 0 Å². The molecule has 0 unspecified atom stereocenters. The van der Waals surface area contributed by atoms with Gasteiger partial charge in [-0.25, -0.2) is 9.97 Å². The van der Waals surface area contributed by atoms with Crippen LogP contribution in [-0.2, 0) is 0 Å². The van der Waals surface area contributed by atoms with Gasteiger partial charge in [0, 0.05) is 54.2 Å². The van der Waals surface area contributed by atoms with Gasteiger partial charge in [0.1, 0.15) is 0 Å². The molecular weight excluding hydrogens is 737 g/mol. The molecule has 4 nitrogen and oxygen atoms in total. The monoisotopic (exact) mass is 772 g/mol. The van der Waals surface area contributed by atoms with Crippen molar-refractivity contribution in [1.82, 2.24) is 14.5 Å². The van der Waals surface area contributed by atoms with Gasteiger partial charge in [-0.1, -0.05) is 158 Å². The number of rotatable bonds is 7. The van der Waals surface area contributed by atoms with Crippen LogP contribution < -0.4 is 4.90 Å². The second-order valence-corrected chi connectivity index (χ2v) is 15.7. The first-order valence-electron chi connectivity index (χ1n) is 19.7. The number of hydrogen-bond donors (Lipinski definition) is 0. The van der Waals surface area contributed by atoms with Gasteiger partial charge in [0.25, 0.3) is 0 Å². The highest BCUT2D eigenvalue weighted by molar-refractivity contribution is 7.99. The minimum Gasteiger partial charge on any atom is -0.309 e.